The third kappa shape index (κ3) is 5.44. The summed E-state index contributed by atoms with van der Waals surface area (Å²) < 4.78 is 21.4. The van der Waals surface area contributed by atoms with Gasteiger partial charge in [-0.05, 0) is 64.1 Å². The van der Waals surface area contributed by atoms with Gasteiger partial charge < -0.3 is 10.1 Å². The molecule has 0 bridgehead atoms. The molecule has 0 radical (unpaired) electrons. The first-order chi connectivity index (χ1) is 15.0. The maximum Gasteiger partial charge on any atom is 0.264 e. The van der Waals surface area contributed by atoms with Gasteiger partial charge in [0, 0.05) is 15.6 Å². The zero-order chi connectivity index (χ0) is 21.8. The standard InChI is InChI=1S/C23H15Br2FN2O2S/c24-16-10-15(21(18(25)12-16)30-13-14-6-4-5-9-19(14)26)11-20-22(29)28-23(31-20)27-17-7-2-1-3-8-17/h1-12H,13H2,(H,27,28,29)/b20-11-. The number of thioether (sulfide) groups is 1. The predicted molar refractivity (Wildman–Crippen MR) is 130 cm³/mol. The van der Waals surface area contributed by atoms with E-state index in [0.29, 0.717) is 31.4 Å². The lowest BCUT2D eigenvalue weighted by atomic mass is 10.1. The van der Waals surface area contributed by atoms with Crippen molar-refractivity contribution in [2.75, 3.05) is 0 Å². The van der Waals surface area contributed by atoms with Gasteiger partial charge in [-0.25, -0.2) is 9.38 Å². The molecule has 0 spiro atoms. The number of benzene rings is 3. The highest BCUT2D eigenvalue weighted by Crippen LogP contribution is 2.37. The molecule has 1 saturated heterocycles. The molecule has 31 heavy (non-hydrogen) atoms. The van der Waals surface area contributed by atoms with Crippen molar-refractivity contribution in [1.29, 1.82) is 0 Å². The number of para-hydroxylation sites is 1. The molecule has 1 heterocycles. The summed E-state index contributed by atoms with van der Waals surface area (Å²) in [6.07, 6.45) is 1.74. The summed E-state index contributed by atoms with van der Waals surface area (Å²) in [5, 5.41) is 3.28. The normalized spacial score (nSPS) is 16.0. The third-order valence-corrected chi connectivity index (χ3v) is 6.25. The number of hydrogen-bond acceptors (Lipinski definition) is 4. The molecule has 8 heteroatoms. The molecule has 156 valence electrons. The van der Waals surface area contributed by atoms with E-state index in [0.717, 1.165) is 10.2 Å². The van der Waals surface area contributed by atoms with Crippen molar-refractivity contribution in [3.8, 4) is 5.75 Å². The summed E-state index contributed by atoms with van der Waals surface area (Å²) in [4.78, 5) is 17.4. The summed E-state index contributed by atoms with van der Waals surface area (Å²) in [5.41, 5.74) is 1.88. The Hall–Kier alpha value is -2.42. The average molecular weight is 562 g/mol. The Morgan fingerprint density at radius 3 is 2.58 bits per heavy atom. The molecular weight excluding hydrogens is 547 g/mol. The average Bonchev–Trinajstić information content (AvgIpc) is 3.08. The topological polar surface area (TPSA) is 50.7 Å². The number of hydrogen-bond donors (Lipinski definition) is 1. The van der Waals surface area contributed by atoms with E-state index in [-0.39, 0.29) is 18.3 Å². The largest absolute Gasteiger partial charge is 0.487 e. The molecule has 3 aromatic carbocycles. The first-order valence-electron chi connectivity index (χ1n) is 9.19. The van der Waals surface area contributed by atoms with Gasteiger partial charge in [0.1, 0.15) is 18.2 Å². The van der Waals surface area contributed by atoms with Gasteiger partial charge in [0.2, 0.25) is 0 Å². The van der Waals surface area contributed by atoms with Gasteiger partial charge in [0.05, 0.1) is 15.1 Å². The van der Waals surface area contributed by atoms with Crippen LogP contribution in [0, 0.1) is 5.82 Å². The summed E-state index contributed by atoms with van der Waals surface area (Å²) in [6, 6.07) is 19.5. The van der Waals surface area contributed by atoms with Crippen LogP contribution in [0.15, 0.2) is 85.6 Å². The minimum Gasteiger partial charge on any atom is -0.487 e. The number of aliphatic imine (C=N–C) groups is 1. The highest BCUT2D eigenvalue weighted by Gasteiger charge is 2.25. The van der Waals surface area contributed by atoms with Crippen LogP contribution in [0.25, 0.3) is 6.08 Å². The predicted octanol–water partition coefficient (Wildman–Crippen LogP) is 6.82. The fraction of sp³-hybridized carbons (Fsp3) is 0.0435. The SMILES string of the molecule is O=C1NC(=Nc2ccccc2)S/C1=C\c1cc(Br)cc(Br)c1OCc1ccccc1F. The smallest absolute Gasteiger partial charge is 0.264 e. The number of nitrogens with zero attached hydrogens (tertiary/aromatic N) is 1. The number of ether oxygens (including phenoxy) is 1. The van der Waals surface area contributed by atoms with Gasteiger partial charge in [-0.2, -0.15) is 0 Å². The van der Waals surface area contributed by atoms with E-state index in [2.05, 4.69) is 42.2 Å². The molecule has 0 aromatic heterocycles. The van der Waals surface area contributed by atoms with Crippen molar-refractivity contribution in [1.82, 2.24) is 5.32 Å². The maximum absolute atomic E-state index is 14.0. The minimum atomic E-state index is -0.330. The van der Waals surface area contributed by atoms with Crippen molar-refractivity contribution in [3.05, 3.63) is 97.5 Å². The molecule has 1 N–H and O–H groups in total. The molecule has 3 aromatic rings. The van der Waals surface area contributed by atoms with Crippen LogP contribution in [0.4, 0.5) is 10.1 Å². The Balaban J connectivity index is 1.61. The summed E-state index contributed by atoms with van der Waals surface area (Å²) in [7, 11) is 0. The number of carbonyl (C=O) groups excluding carboxylic acids is 1. The second-order valence-electron chi connectivity index (χ2n) is 6.50. The lowest BCUT2D eigenvalue weighted by Gasteiger charge is -2.13. The first kappa shape index (κ1) is 21.8. The van der Waals surface area contributed by atoms with Gasteiger partial charge in [-0.3, -0.25) is 4.79 Å². The lowest BCUT2D eigenvalue weighted by molar-refractivity contribution is -0.115. The fourth-order valence-electron chi connectivity index (χ4n) is 2.85. The van der Waals surface area contributed by atoms with Crippen molar-refractivity contribution < 1.29 is 13.9 Å². The van der Waals surface area contributed by atoms with Gasteiger partial charge in [-0.15, -0.1) is 0 Å². The Morgan fingerprint density at radius 2 is 1.81 bits per heavy atom. The fourth-order valence-corrected chi connectivity index (χ4v) is 5.05. The molecule has 0 saturated carbocycles. The molecule has 4 rings (SSSR count). The molecule has 0 aliphatic carbocycles. The summed E-state index contributed by atoms with van der Waals surface area (Å²) >= 11 is 8.22. The second kappa shape index (κ2) is 9.80. The van der Waals surface area contributed by atoms with Crippen LogP contribution in [-0.2, 0) is 11.4 Å². The van der Waals surface area contributed by atoms with E-state index in [1.54, 1.807) is 24.3 Å². The van der Waals surface area contributed by atoms with Crippen molar-refractivity contribution >= 4 is 66.5 Å². The Labute approximate surface area is 199 Å². The van der Waals surface area contributed by atoms with E-state index >= 15 is 0 Å². The zero-order valence-corrected chi connectivity index (χ0v) is 19.9. The van der Waals surface area contributed by atoms with E-state index in [1.165, 1.54) is 17.8 Å². The number of nitrogens with one attached hydrogen (secondary N) is 1. The first-order valence-corrected chi connectivity index (χ1v) is 11.6. The van der Waals surface area contributed by atoms with Gasteiger partial charge >= 0.3 is 0 Å². The second-order valence-corrected chi connectivity index (χ2v) is 9.30. The van der Waals surface area contributed by atoms with Crippen LogP contribution >= 0.6 is 43.6 Å². The Morgan fingerprint density at radius 1 is 1.06 bits per heavy atom. The van der Waals surface area contributed by atoms with E-state index in [9.17, 15) is 9.18 Å². The Kier molecular flexibility index (Phi) is 6.89. The van der Waals surface area contributed by atoms with Crippen LogP contribution in [0.5, 0.6) is 5.75 Å². The molecule has 1 aliphatic rings. The van der Waals surface area contributed by atoms with Crippen LogP contribution in [-0.4, -0.2) is 11.1 Å². The summed E-state index contributed by atoms with van der Waals surface area (Å²) in [5.74, 6) is -0.0558. The number of carbonyl (C=O) groups is 1. The number of amides is 1. The molecule has 0 atom stereocenters. The molecular formula is C23H15Br2FN2O2S. The number of amidine groups is 1. The third-order valence-electron chi connectivity index (χ3n) is 4.29. The number of halogens is 3. The van der Waals surface area contributed by atoms with Crippen LogP contribution in [0.1, 0.15) is 11.1 Å². The highest BCUT2D eigenvalue weighted by atomic mass is 79.9. The molecule has 1 aliphatic heterocycles. The maximum atomic E-state index is 14.0. The van der Waals surface area contributed by atoms with Gasteiger partial charge in [-0.1, -0.05) is 52.3 Å². The van der Waals surface area contributed by atoms with E-state index < -0.39 is 0 Å². The molecule has 1 amide bonds. The minimum absolute atomic E-state index is 0.0587. The van der Waals surface area contributed by atoms with Crippen LogP contribution in [0.2, 0.25) is 0 Å². The lowest BCUT2D eigenvalue weighted by Crippen LogP contribution is -2.19. The Bertz CT molecular complexity index is 1200. The van der Waals surface area contributed by atoms with Gasteiger partial charge in [0.15, 0.2) is 5.17 Å². The monoisotopic (exact) mass is 560 g/mol. The summed E-state index contributed by atoms with van der Waals surface area (Å²) in [6.45, 7) is 0.0587. The van der Waals surface area contributed by atoms with Crippen molar-refractivity contribution in [2.24, 2.45) is 4.99 Å². The van der Waals surface area contributed by atoms with Crippen molar-refractivity contribution in [2.45, 2.75) is 6.61 Å². The van der Waals surface area contributed by atoms with Gasteiger partial charge in [0.25, 0.3) is 5.91 Å². The van der Waals surface area contributed by atoms with Crippen LogP contribution in [0.3, 0.4) is 0 Å². The van der Waals surface area contributed by atoms with E-state index in [4.69, 9.17) is 4.74 Å². The van der Waals surface area contributed by atoms with Crippen molar-refractivity contribution in [3.63, 3.8) is 0 Å². The molecule has 4 nitrogen and oxygen atoms in total. The zero-order valence-electron chi connectivity index (χ0n) is 15.9. The van der Waals surface area contributed by atoms with Crippen LogP contribution < -0.4 is 10.1 Å². The quantitative estimate of drug-likeness (QED) is 0.348. The van der Waals surface area contributed by atoms with E-state index in [1.807, 2.05) is 42.5 Å². The molecule has 1 fully saturated rings. The molecule has 0 unspecified atom stereocenters. The number of rotatable bonds is 5. The highest BCUT2D eigenvalue weighted by molar-refractivity contribution is 9.11.